The molecule has 1 aliphatic heterocycles. The van der Waals surface area contributed by atoms with E-state index in [1.165, 1.54) is 12.3 Å². The number of carbonyl (C=O) groups is 1. The number of amides is 1. The quantitative estimate of drug-likeness (QED) is 0.363. The van der Waals surface area contributed by atoms with E-state index in [1.54, 1.807) is 21.6 Å². The predicted octanol–water partition coefficient (Wildman–Crippen LogP) is 5.81. The molecule has 0 saturated carbocycles. The summed E-state index contributed by atoms with van der Waals surface area (Å²) in [7, 11) is 0. The highest BCUT2D eigenvalue weighted by atomic mass is 19.4. The maximum absolute atomic E-state index is 13.5. The Morgan fingerprint density at radius 2 is 1.79 bits per heavy atom. The van der Waals surface area contributed by atoms with Crippen molar-refractivity contribution in [3.05, 3.63) is 66.0 Å². The number of carbonyl (C=O) groups excluding carboxylic acids is 1. The summed E-state index contributed by atoms with van der Waals surface area (Å²) in [4.78, 5) is 26.7. The minimum atomic E-state index is -4.61. The second kappa shape index (κ2) is 9.30. The van der Waals surface area contributed by atoms with Crippen molar-refractivity contribution >= 4 is 23.1 Å². The van der Waals surface area contributed by atoms with Crippen LogP contribution in [0.25, 0.3) is 28.2 Å². The van der Waals surface area contributed by atoms with Crippen LogP contribution < -0.4 is 5.73 Å². The lowest BCUT2D eigenvalue weighted by molar-refractivity contribution is -0.141. The molecule has 1 saturated heterocycles. The Labute approximate surface area is 217 Å². The zero-order valence-electron chi connectivity index (χ0n) is 21.2. The molecule has 1 atom stereocenters. The fourth-order valence-corrected chi connectivity index (χ4v) is 4.57. The van der Waals surface area contributed by atoms with Crippen LogP contribution in [0.4, 0.5) is 23.8 Å². The zero-order chi connectivity index (χ0) is 27.2. The van der Waals surface area contributed by atoms with E-state index in [4.69, 9.17) is 10.5 Å². The van der Waals surface area contributed by atoms with Crippen LogP contribution in [0.5, 0.6) is 0 Å². The number of anilines is 1. The normalized spacial score (nSPS) is 16.3. The number of likely N-dealkylation sites (tertiary alicyclic amines) is 1. The number of pyridine rings is 2. The molecule has 8 nitrogen and oxygen atoms in total. The molecule has 4 aromatic rings. The van der Waals surface area contributed by atoms with Gasteiger partial charge in [0.15, 0.2) is 11.5 Å². The van der Waals surface area contributed by atoms with Gasteiger partial charge in [0.2, 0.25) is 0 Å². The van der Waals surface area contributed by atoms with Crippen molar-refractivity contribution in [2.45, 2.75) is 44.9 Å². The molecule has 5 rings (SSSR count). The highest BCUT2D eigenvalue weighted by molar-refractivity contribution is 5.83. The lowest BCUT2D eigenvalue weighted by Crippen LogP contribution is -2.35. The summed E-state index contributed by atoms with van der Waals surface area (Å²) in [6.07, 6.45) is -2.64. The molecule has 198 valence electrons. The number of nitrogens with zero attached hydrogens (tertiary/aromatic N) is 5. The van der Waals surface area contributed by atoms with Gasteiger partial charge in [-0.3, -0.25) is 4.57 Å². The highest BCUT2D eigenvalue weighted by Crippen LogP contribution is 2.35. The SMILES string of the molecule is CC(C)(C)OC(=O)N1CC[C@H](c2ccc(-n3c(-c4cccnc4N)nc4ccc(C(F)(F)F)nc43)cc2)C1. The second-order valence-electron chi connectivity index (χ2n) is 10.2. The van der Waals surface area contributed by atoms with Crippen LogP contribution in [-0.4, -0.2) is 49.2 Å². The van der Waals surface area contributed by atoms with Crippen molar-refractivity contribution in [3.8, 4) is 17.1 Å². The number of hydrogen-bond acceptors (Lipinski definition) is 6. The molecule has 1 fully saturated rings. The molecule has 11 heteroatoms. The molecule has 0 bridgehead atoms. The zero-order valence-corrected chi connectivity index (χ0v) is 21.2. The smallest absolute Gasteiger partial charge is 0.433 e. The number of nitrogen functional groups attached to an aromatic ring is 1. The second-order valence-corrected chi connectivity index (χ2v) is 10.2. The van der Waals surface area contributed by atoms with Crippen LogP contribution in [0.3, 0.4) is 0 Å². The first kappa shape index (κ1) is 25.5. The molecular weight excluding hydrogens is 497 g/mol. The third kappa shape index (κ3) is 5.00. The summed E-state index contributed by atoms with van der Waals surface area (Å²) < 4.78 is 47.5. The summed E-state index contributed by atoms with van der Waals surface area (Å²) >= 11 is 0. The van der Waals surface area contributed by atoms with E-state index < -0.39 is 17.5 Å². The summed E-state index contributed by atoms with van der Waals surface area (Å²) in [6, 6.07) is 13.1. The number of halogens is 3. The van der Waals surface area contributed by atoms with Crippen molar-refractivity contribution in [1.29, 1.82) is 0 Å². The predicted molar refractivity (Wildman–Crippen MR) is 137 cm³/mol. The summed E-state index contributed by atoms with van der Waals surface area (Å²) in [5.41, 5.74) is 6.93. The molecular formula is C27H27F3N6O2. The standard InChI is InChI=1S/C27H27F3N6O2/c1-26(2,3)38-25(37)35-14-12-17(15-35)16-6-8-18(9-7-16)36-23(19-5-4-13-32-22(19)31)33-20-10-11-21(27(28,29)30)34-24(20)36/h4-11,13,17H,12,14-15H2,1-3H3,(H2,31,32)/t17-/m0/s1. The molecule has 2 N–H and O–H groups in total. The fraction of sp³-hybridized carbons (Fsp3) is 0.333. The van der Waals surface area contributed by atoms with Crippen LogP contribution in [0.15, 0.2) is 54.7 Å². The highest BCUT2D eigenvalue weighted by Gasteiger charge is 2.34. The average molecular weight is 525 g/mol. The number of nitrogens with two attached hydrogens (primary N) is 1. The minimum Gasteiger partial charge on any atom is -0.444 e. The van der Waals surface area contributed by atoms with E-state index in [-0.39, 0.29) is 23.5 Å². The molecule has 0 unspecified atom stereocenters. The molecule has 1 aliphatic rings. The minimum absolute atomic E-state index is 0.0581. The van der Waals surface area contributed by atoms with Gasteiger partial charge in [-0.25, -0.2) is 19.7 Å². The van der Waals surface area contributed by atoms with Crippen LogP contribution in [0, 0.1) is 0 Å². The van der Waals surface area contributed by atoms with Gasteiger partial charge in [0.25, 0.3) is 0 Å². The number of rotatable bonds is 3. The Kier molecular flexibility index (Phi) is 6.24. The molecule has 1 aromatic carbocycles. The lowest BCUT2D eigenvalue weighted by Gasteiger charge is -2.24. The van der Waals surface area contributed by atoms with Crippen molar-refractivity contribution < 1.29 is 22.7 Å². The third-order valence-electron chi connectivity index (χ3n) is 6.34. The van der Waals surface area contributed by atoms with E-state index in [0.717, 1.165) is 18.1 Å². The van der Waals surface area contributed by atoms with Gasteiger partial charge in [-0.1, -0.05) is 12.1 Å². The van der Waals surface area contributed by atoms with E-state index in [1.807, 2.05) is 45.0 Å². The lowest BCUT2D eigenvalue weighted by atomic mass is 9.98. The van der Waals surface area contributed by atoms with Crippen molar-refractivity contribution in [2.24, 2.45) is 0 Å². The van der Waals surface area contributed by atoms with Crippen molar-refractivity contribution in [1.82, 2.24) is 24.4 Å². The third-order valence-corrected chi connectivity index (χ3v) is 6.34. The summed E-state index contributed by atoms with van der Waals surface area (Å²) in [6.45, 7) is 6.60. The largest absolute Gasteiger partial charge is 0.444 e. The van der Waals surface area contributed by atoms with Crippen molar-refractivity contribution in [3.63, 3.8) is 0 Å². The van der Waals surface area contributed by atoms with Gasteiger partial charge < -0.3 is 15.4 Å². The van der Waals surface area contributed by atoms with E-state index in [9.17, 15) is 18.0 Å². The first-order valence-corrected chi connectivity index (χ1v) is 12.2. The monoisotopic (exact) mass is 524 g/mol. The molecule has 3 aromatic heterocycles. The number of alkyl halides is 3. The summed E-state index contributed by atoms with van der Waals surface area (Å²) in [5.74, 6) is 0.645. The number of fused-ring (bicyclic) bond motifs is 1. The van der Waals surface area contributed by atoms with Gasteiger partial charge in [0.05, 0.1) is 5.56 Å². The average Bonchev–Trinajstić information content (AvgIpc) is 3.48. The topological polar surface area (TPSA) is 99.2 Å². The van der Waals surface area contributed by atoms with Crippen LogP contribution in [-0.2, 0) is 10.9 Å². The maximum Gasteiger partial charge on any atom is 0.433 e. The van der Waals surface area contributed by atoms with Crippen molar-refractivity contribution in [2.75, 3.05) is 18.8 Å². The van der Waals surface area contributed by atoms with Gasteiger partial charge >= 0.3 is 12.3 Å². The number of imidazole rings is 1. The molecule has 0 radical (unpaired) electrons. The van der Waals surface area contributed by atoms with Gasteiger partial charge in [-0.2, -0.15) is 13.2 Å². The Morgan fingerprint density at radius 3 is 2.45 bits per heavy atom. The Hall–Kier alpha value is -4.15. The molecule has 0 aliphatic carbocycles. The number of hydrogen-bond donors (Lipinski definition) is 1. The first-order chi connectivity index (χ1) is 17.9. The van der Waals surface area contributed by atoms with Gasteiger partial charge in [-0.15, -0.1) is 0 Å². The molecule has 1 amide bonds. The molecule has 4 heterocycles. The van der Waals surface area contributed by atoms with Crippen LogP contribution in [0.1, 0.15) is 44.4 Å². The Morgan fingerprint density at radius 1 is 1.05 bits per heavy atom. The molecule has 0 spiro atoms. The number of benzene rings is 1. The number of ether oxygens (including phenoxy) is 1. The number of aromatic nitrogens is 4. The first-order valence-electron chi connectivity index (χ1n) is 12.2. The van der Waals surface area contributed by atoms with Crippen LogP contribution in [0.2, 0.25) is 0 Å². The van der Waals surface area contributed by atoms with E-state index in [0.29, 0.717) is 35.7 Å². The summed E-state index contributed by atoms with van der Waals surface area (Å²) in [5, 5.41) is 0. The van der Waals surface area contributed by atoms with Gasteiger partial charge in [0, 0.05) is 30.9 Å². The maximum atomic E-state index is 13.5. The van der Waals surface area contributed by atoms with Crippen LogP contribution >= 0.6 is 0 Å². The van der Waals surface area contributed by atoms with E-state index in [2.05, 4.69) is 15.0 Å². The fourth-order valence-electron chi connectivity index (χ4n) is 4.57. The van der Waals surface area contributed by atoms with Gasteiger partial charge in [0.1, 0.15) is 22.6 Å². The van der Waals surface area contributed by atoms with E-state index >= 15 is 0 Å². The molecule has 38 heavy (non-hydrogen) atoms. The Balaban J connectivity index is 1.51. The Bertz CT molecular complexity index is 1490. The van der Waals surface area contributed by atoms with Gasteiger partial charge in [-0.05, 0) is 69.2 Å².